The van der Waals surface area contributed by atoms with Crippen LogP contribution in [0.4, 0.5) is 4.39 Å². The first-order valence-corrected chi connectivity index (χ1v) is 5.59. The molecule has 2 rings (SSSR count). The summed E-state index contributed by atoms with van der Waals surface area (Å²) in [6.07, 6.45) is 0.749. The maximum Gasteiger partial charge on any atom is 0.213 e. The molecule has 0 N–H and O–H groups in total. The molecule has 84 valence electrons. The van der Waals surface area contributed by atoms with Gasteiger partial charge in [-0.05, 0) is 18.6 Å². The van der Waals surface area contributed by atoms with Gasteiger partial charge >= 0.3 is 0 Å². The molecule has 1 aromatic carbocycles. The Labute approximate surface area is 98.0 Å². The van der Waals surface area contributed by atoms with Crippen molar-refractivity contribution in [3.63, 3.8) is 0 Å². The van der Waals surface area contributed by atoms with E-state index in [1.54, 1.807) is 18.2 Å². The van der Waals surface area contributed by atoms with Crippen LogP contribution >= 0.6 is 11.6 Å². The van der Waals surface area contributed by atoms with Gasteiger partial charge in [0.2, 0.25) is 5.88 Å². The summed E-state index contributed by atoms with van der Waals surface area (Å²) in [6.45, 7) is 0.496. The Bertz CT molecular complexity index is 489. The molecule has 0 aliphatic heterocycles. The van der Waals surface area contributed by atoms with Crippen LogP contribution in [0.3, 0.4) is 0 Å². The smallest absolute Gasteiger partial charge is 0.213 e. The maximum absolute atomic E-state index is 13.4. The Morgan fingerprint density at radius 3 is 2.94 bits per heavy atom. The van der Waals surface area contributed by atoms with E-state index in [1.165, 1.54) is 6.07 Å². The van der Waals surface area contributed by atoms with Crippen molar-refractivity contribution in [2.24, 2.45) is 0 Å². The van der Waals surface area contributed by atoms with E-state index in [9.17, 15) is 4.39 Å². The average Bonchev–Trinajstić information content (AvgIpc) is 2.30. The highest BCUT2D eigenvalue weighted by Gasteiger charge is 2.03. The SMILES string of the molecule is Fc1cccc2ccc(OCCCCl)nc12. The fourth-order valence-corrected chi connectivity index (χ4v) is 1.51. The van der Waals surface area contributed by atoms with E-state index in [2.05, 4.69) is 4.98 Å². The van der Waals surface area contributed by atoms with Gasteiger partial charge in [0.15, 0.2) is 0 Å². The molecular weight excluding hydrogens is 229 g/mol. The molecule has 0 aliphatic rings. The molecule has 0 saturated heterocycles. The molecule has 2 nitrogen and oxygen atoms in total. The normalized spacial score (nSPS) is 10.6. The molecule has 0 unspecified atom stereocenters. The van der Waals surface area contributed by atoms with Crippen molar-refractivity contribution in [1.82, 2.24) is 4.98 Å². The molecule has 0 atom stereocenters. The molecule has 0 bridgehead atoms. The second kappa shape index (κ2) is 5.12. The van der Waals surface area contributed by atoms with Gasteiger partial charge in [-0.3, -0.25) is 0 Å². The van der Waals surface area contributed by atoms with Crippen LogP contribution in [0, 0.1) is 5.82 Å². The van der Waals surface area contributed by atoms with Crippen LogP contribution in [0.2, 0.25) is 0 Å². The van der Waals surface area contributed by atoms with Crippen molar-refractivity contribution in [3.05, 3.63) is 36.1 Å². The van der Waals surface area contributed by atoms with Crippen molar-refractivity contribution in [1.29, 1.82) is 0 Å². The highest BCUT2D eigenvalue weighted by molar-refractivity contribution is 6.17. The van der Waals surface area contributed by atoms with Crippen LogP contribution in [0.1, 0.15) is 6.42 Å². The number of pyridine rings is 1. The van der Waals surface area contributed by atoms with E-state index in [0.717, 1.165) is 11.8 Å². The van der Waals surface area contributed by atoms with E-state index in [4.69, 9.17) is 16.3 Å². The third kappa shape index (κ3) is 2.42. The second-order valence-corrected chi connectivity index (χ2v) is 3.73. The standard InChI is InChI=1S/C12H11ClFNO/c13-7-2-8-16-11-6-5-9-3-1-4-10(14)12(9)15-11/h1,3-6H,2,7-8H2. The summed E-state index contributed by atoms with van der Waals surface area (Å²) in [5, 5.41) is 0.768. The summed E-state index contributed by atoms with van der Waals surface area (Å²) < 4.78 is 18.8. The van der Waals surface area contributed by atoms with Crippen molar-refractivity contribution < 1.29 is 9.13 Å². The topological polar surface area (TPSA) is 22.1 Å². The van der Waals surface area contributed by atoms with E-state index in [-0.39, 0.29) is 5.82 Å². The van der Waals surface area contributed by atoms with E-state index in [0.29, 0.717) is 23.9 Å². The summed E-state index contributed by atoms with van der Waals surface area (Å²) in [6, 6.07) is 8.39. The molecule has 0 aliphatic carbocycles. The molecule has 2 aromatic rings. The quantitative estimate of drug-likeness (QED) is 0.603. The van der Waals surface area contributed by atoms with Gasteiger partial charge in [0.05, 0.1) is 6.61 Å². The summed E-state index contributed by atoms with van der Waals surface area (Å²) in [5.41, 5.74) is 0.339. The van der Waals surface area contributed by atoms with Crippen LogP contribution in [0.15, 0.2) is 30.3 Å². The minimum Gasteiger partial charge on any atom is -0.478 e. The van der Waals surface area contributed by atoms with Gasteiger partial charge in [-0.15, -0.1) is 11.6 Å². The third-order valence-corrected chi connectivity index (χ3v) is 2.44. The number of ether oxygens (including phenoxy) is 1. The highest BCUT2D eigenvalue weighted by Crippen LogP contribution is 2.19. The molecule has 0 fully saturated rings. The predicted octanol–water partition coefficient (Wildman–Crippen LogP) is 3.38. The number of para-hydroxylation sites is 1. The molecule has 0 saturated carbocycles. The van der Waals surface area contributed by atoms with Crippen LogP contribution in [0.25, 0.3) is 10.9 Å². The maximum atomic E-state index is 13.4. The third-order valence-electron chi connectivity index (χ3n) is 2.17. The zero-order valence-electron chi connectivity index (χ0n) is 8.62. The lowest BCUT2D eigenvalue weighted by Crippen LogP contribution is -1.99. The van der Waals surface area contributed by atoms with E-state index >= 15 is 0 Å². The molecule has 0 spiro atoms. The first kappa shape index (κ1) is 11.1. The molecule has 0 radical (unpaired) electrons. The number of nitrogens with zero attached hydrogens (tertiary/aromatic N) is 1. The number of benzene rings is 1. The number of hydrogen-bond acceptors (Lipinski definition) is 2. The number of fused-ring (bicyclic) bond motifs is 1. The minimum atomic E-state index is -0.333. The van der Waals surface area contributed by atoms with E-state index < -0.39 is 0 Å². The molecule has 16 heavy (non-hydrogen) atoms. The Morgan fingerprint density at radius 2 is 2.12 bits per heavy atom. The molecule has 1 aromatic heterocycles. The van der Waals surface area contributed by atoms with Crippen LogP contribution in [0.5, 0.6) is 5.88 Å². The van der Waals surface area contributed by atoms with Gasteiger partial charge < -0.3 is 4.74 Å². The van der Waals surface area contributed by atoms with Gasteiger partial charge in [0.25, 0.3) is 0 Å². The van der Waals surface area contributed by atoms with Gasteiger partial charge in [0.1, 0.15) is 11.3 Å². The minimum absolute atomic E-state index is 0.333. The second-order valence-electron chi connectivity index (χ2n) is 3.35. The fourth-order valence-electron chi connectivity index (χ4n) is 1.40. The van der Waals surface area contributed by atoms with Gasteiger partial charge in [-0.2, -0.15) is 0 Å². The summed E-state index contributed by atoms with van der Waals surface area (Å²) >= 11 is 5.53. The van der Waals surface area contributed by atoms with Crippen molar-refractivity contribution in [3.8, 4) is 5.88 Å². The largest absolute Gasteiger partial charge is 0.478 e. The summed E-state index contributed by atoms with van der Waals surface area (Å²) in [7, 11) is 0. The van der Waals surface area contributed by atoms with Crippen molar-refractivity contribution >= 4 is 22.5 Å². The van der Waals surface area contributed by atoms with Gasteiger partial charge in [-0.25, -0.2) is 9.37 Å². The van der Waals surface area contributed by atoms with Gasteiger partial charge in [-0.1, -0.05) is 12.1 Å². The molecule has 4 heteroatoms. The average molecular weight is 240 g/mol. The predicted molar refractivity (Wildman–Crippen MR) is 62.5 cm³/mol. The van der Waals surface area contributed by atoms with Crippen LogP contribution < -0.4 is 4.74 Å². The zero-order chi connectivity index (χ0) is 11.4. The van der Waals surface area contributed by atoms with Crippen LogP contribution in [-0.2, 0) is 0 Å². The molecular formula is C12H11ClFNO. The highest BCUT2D eigenvalue weighted by atomic mass is 35.5. The Kier molecular flexibility index (Phi) is 3.57. The number of alkyl halides is 1. The number of hydrogen-bond donors (Lipinski definition) is 0. The number of aromatic nitrogens is 1. The van der Waals surface area contributed by atoms with Crippen molar-refractivity contribution in [2.45, 2.75) is 6.42 Å². The first-order chi connectivity index (χ1) is 7.81. The van der Waals surface area contributed by atoms with E-state index in [1.807, 2.05) is 6.07 Å². The Morgan fingerprint density at radius 1 is 1.25 bits per heavy atom. The summed E-state index contributed by atoms with van der Waals surface area (Å²) in [5.74, 6) is 0.644. The van der Waals surface area contributed by atoms with Gasteiger partial charge in [0, 0.05) is 17.3 Å². The Hall–Kier alpha value is -1.35. The monoisotopic (exact) mass is 239 g/mol. The Balaban J connectivity index is 2.25. The summed E-state index contributed by atoms with van der Waals surface area (Å²) in [4.78, 5) is 4.11. The lowest BCUT2D eigenvalue weighted by Gasteiger charge is -2.05. The van der Waals surface area contributed by atoms with Crippen LogP contribution in [-0.4, -0.2) is 17.5 Å². The number of halogens is 2. The molecule has 1 heterocycles. The zero-order valence-corrected chi connectivity index (χ0v) is 9.38. The fraction of sp³-hybridized carbons (Fsp3) is 0.250. The lowest BCUT2D eigenvalue weighted by molar-refractivity contribution is 0.307. The first-order valence-electron chi connectivity index (χ1n) is 5.05. The lowest BCUT2D eigenvalue weighted by atomic mass is 10.2. The molecule has 0 amide bonds. The number of rotatable bonds is 4. The van der Waals surface area contributed by atoms with Crippen molar-refractivity contribution in [2.75, 3.05) is 12.5 Å².